The molecular weight excluding hydrogens is 412 g/mol. The molecule has 0 saturated heterocycles. The van der Waals surface area contributed by atoms with Crippen molar-refractivity contribution in [1.29, 1.82) is 0 Å². The summed E-state index contributed by atoms with van der Waals surface area (Å²) in [6.07, 6.45) is -0.188. The topological polar surface area (TPSA) is 68.2 Å². The molecule has 3 aromatic rings. The lowest BCUT2D eigenvalue weighted by Gasteiger charge is -2.14. The van der Waals surface area contributed by atoms with E-state index in [1.807, 2.05) is 55.7 Å². The van der Waals surface area contributed by atoms with E-state index < -0.39 is 11.8 Å². The number of aromatic nitrogens is 1. The molecule has 0 aliphatic heterocycles. The summed E-state index contributed by atoms with van der Waals surface area (Å²) in [6.45, 7) is 7.15. The van der Waals surface area contributed by atoms with Crippen molar-refractivity contribution in [1.82, 2.24) is 4.57 Å². The molecule has 1 heterocycles. The highest BCUT2D eigenvalue weighted by atomic mass is 35.5. The molecular formula is C25H25ClN2O3. The summed E-state index contributed by atoms with van der Waals surface area (Å²) in [6, 6.07) is 16.4. The van der Waals surface area contributed by atoms with Gasteiger partial charge in [0.05, 0.1) is 0 Å². The molecule has 3 rings (SSSR count). The van der Waals surface area contributed by atoms with Crippen LogP contribution in [-0.2, 0) is 9.59 Å². The van der Waals surface area contributed by atoms with Crippen LogP contribution in [0.3, 0.4) is 0 Å². The number of nitrogens with one attached hydrogen (secondary N) is 1. The van der Waals surface area contributed by atoms with Crippen molar-refractivity contribution in [2.24, 2.45) is 5.92 Å². The molecule has 1 N–H and O–H groups in total. The summed E-state index contributed by atoms with van der Waals surface area (Å²) in [5.74, 6) is -2.16. The van der Waals surface area contributed by atoms with E-state index in [1.54, 1.807) is 24.3 Å². The monoisotopic (exact) mass is 436 g/mol. The highest BCUT2D eigenvalue weighted by Crippen LogP contribution is 2.24. The highest BCUT2D eigenvalue weighted by Gasteiger charge is 2.28. The van der Waals surface area contributed by atoms with Gasteiger partial charge in [0.15, 0.2) is 5.78 Å². The SMILES string of the molecule is CC(=O)[C@H](CC(=O)c1cc(C)n(-c2ccc(C)cc2)c1C)C(=O)Nc1ccc(Cl)cc1. The van der Waals surface area contributed by atoms with E-state index >= 15 is 0 Å². The van der Waals surface area contributed by atoms with Crippen molar-refractivity contribution in [3.8, 4) is 5.69 Å². The average molecular weight is 437 g/mol. The number of amides is 1. The summed E-state index contributed by atoms with van der Waals surface area (Å²) in [7, 11) is 0. The van der Waals surface area contributed by atoms with Gasteiger partial charge in [0.1, 0.15) is 11.7 Å². The van der Waals surface area contributed by atoms with Crippen LogP contribution in [0.15, 0.2) is 54.6 Å². The summed E-state index contributed by atoms with van der Waals surface area (Å²) >= 11 is 5.87. The third-order valence-electron chi connectivity index (χ3n) is 5.33. The zero-order valence-corrected chi connectivity index (χ0v) is 18.8. The molecule has 31 heavy (non-hydrogen) atoms. The fourth-order valence-corrected chi connectivity index (χ4v) is 3.74. The Morgan fingerprint density at radius 1 is 0.968 bits per heavy atom. The lowest BCUT2D eigenvalue weighted by molar-refractivity contribution is -0.129. The van der Waals surface area contributed by atoms with Gasteiger partial charge in [-0.2, -0.15) is 0 Å². The molecule has 5 nitrogen and oxygen atoms in total. The first-order valence-electron chi connectivity index (χ1n) is 10.0. The normalized spacial score (nSPS) is 11.8. The van der Waals surface area contributed by atoms with E-state index in [2.05, 4.69) is 5.32 Å². The van der Waals surface area contributed by atoms with Crippen LogP contribution in [0.1, 0.15) is 40.7 Å². The highest BCUT2D eigenvalue weighted by molar-refractivity contribution is 6.30. The molecule has 0 saturated carbocycles. The summed E-state index contributed by atoms with van der Waals surface area (Å²) in [5, 5.41) is 3.24. The van der Waals surface area contributed by atoms with Gasteiger partial charge in [-0.3, -0.25) is 14.4 Å². The van der Waals surface area contributed by atoms with E-state index in [0.717, 1.165) is 22.6 Å². The standard InChI is InChI=1S/C25H25ClN2O3/c1-15-5-11-21(12-6-15)28-16(2)13-22(17(28)3)24(30)14-23(18(4)29)25(31)27-20-9-7-19(26)8-10-20/h5-13,23H,14H2,1-4H3,(H,27,31)/t23-/m0/s1. The van der Waals surface area contributed by atoms with Gasteiger partial charge in [-0.05, 0) is 70.2 Å². The van der Waals surface area contributed by atoms with Crippen LogP contribution in [0.4, 0.5) is 5.69 Å². The fourth-order valence-electron chi connectivity index (χ4n) is 3.62. The number of carbonyl (C=O) groups is 3. The van der Waals surface area contributed by atoms with Gasteiger partial charge in [-0.15, -0.1) is 0 Å². The number of benzene rings is 2. The Morgan fingerprint density at radius 3 is 2.16 bits per heavy atom. The third-order valence-corrected chi connectivity index (χ3v) is 5.58. The summed E-state index contributed by atoms with van der Waals surface area (Å²) in [5.41, 5.74) is 4.84. The van der Waals surface area contributed by atoms with Gasteiger partial charge in [-0.1, -0.05) is 29.3 Å². The van der Waals surface area contributed by atoms with Gasteiger partial charge in [0.25, 0.3) is 0 Å². The smallest absolute Gasteiger partial charge is 0.235 e. The number of hydrogen-bond acceptors (Lipinski definition) is 3. The molecule has 0 bridgehead atoms. The Labute approximate surface area is 187 Å². The first-order chi connectivity index (χ1) is 14.7. The Kier molecular flexibility index (Phi) is 6.76. The predicted molar refractivity (Wildman–Crippen MR) is 123 cm³/mol. The van der Waals surface area contributed by atoms with Crippen molar-refractivity contribution in [2.45, 2.75) is 34.1 Å². The van der Waals surface area contributed by atoms with Gasteiger partial charge in [0.2, 0.25) is 5.91 Å². The van der Waals surface area contributed by atoms with Crippen LogP contribution in [-0.4, -0.2) is 22.0 Å². The van der Waals surface area contributed by atoms with Gasteiger partial charge in [0, 0.05) is 39.8 Å². The zero-order valence-electron chi connectivity index (χ0n) is 18.0. The van der Waals surface area contributed by atoms with Gasteiger partial charge >= 0.3 is 0 Å². The Morgan fingerprint density at radius 2 is 1.58 bits per heavy atom. The van der Waals surface area contributed by atoms with E-state index in [1.165, 1.54) is 6.92 Å². The third kappa shape index (κ3) is 5.12. The van der Waals surface area contributed by atoms with Crippen LogP contribution in [0, 0.1) is 26.7 Å². The number of rotatable bonds is 7. The molecule has 1 aromatic heterocycles. The molecule has 0 radical (unpaired) electrons. The first-order valence-corrected chi connectivity index (χ1v) is 10.4. The number of aryl methyl sites for hydroxylation is 2. The molecule has 0 aliphatic rings. The van der Waals surface area contributed by atoms with Crippen molar-refractivity contribution in [3.63, 3.8) is 0 Å². The maximum Gasteiger partial charge on any atom is 0.235 e. The summed E-state index contributed by atoms with van der Waals surface area (Å²) < 4.78 is 2.00. The maximum absolute atomic E-state index is 13.1. The van der Waals surface area contributed by atoms with Crippen LogP contribution in [0.25, 0.3) is 5.69 Å². The van der Waals surface area contributed by atoms with Crippen LogP contribution in [0.2, 0.25) is 5.02 Å². The van der Waals surface area contributed by atoms with Crippen LogP contribution >= 0.6 is 11.6 Å². The van der Waals surface area contributed by atoms with E-state index in [4.69, 9.17) is 11.6 Å². The maximum atomic E-state index is 13.1. The molecule has 0 unspecified atom stereocenters. The Balaban J connectivity index is 1.82. The molecule has 0 spiro atoms. The second-order valence-electron chi connectivity index (χ2n) is 7.74. The first kappa shape index (κ1) is 22.5. The van der Waals surface area contributed by atoms with Crippen molar-refractivity contribution in [2.75, 3.05) is 5.32 Å². The van der Waals surface area contributed by atoms with Crippen molar-refractivity contribution < 1.29 is 14.4 Å². The average Bonchev–Trinajstić information content (AvgIpc) is 3.02. The molecule has 1 atom stereocenters. The number of carbonyl (C=O) groups excluding carboxylic acids is 3. The minimum Gasteiger partial charge on any atom is -0.325 e. The number of ketones is 2. The second-order valence-corrected chi connectivity index (χ2v) is 8.18. The summed E-state index contributed by atoms with van der Waals surface area (Å²) in [4.78, 5) is 37.9. The quantitative estimate of drug-likeness (QED) is 0.394. The van der Waals surface area contributed by atoms with E-state index in [0.29, 0.717) is 16.3 Å². The minimum atomic E-state index is -1.06. The van der Waals surface area contributed by atoms with E-state index in [-0.39, 0.29) is 18.0 Å². The van der Waals surface area contributed by atoms with Crippen LogP contribution < -0.4 is 5.32 Å². The van der Waals surface area contributed by atoms with Gasteiger partial charge < -0.3 is 9.88 Å². The number of halogens is 1. The zero-order chi connectivity index (χ0) is 22.7. The van der Waals surface area contributed by atoms with E-state index in [9.17, 15) is 14.4 Å². The fraction of sp³-hybridized carbons (Fsp3) is 0.240. The molecule has 0 aliphatic carbocycles. The second kappa shape index (κ2) is 9.31. The van der Waals surface area contributed by atoms with Gasteiger partial charge in [-0.25, -0.2) is 0 Å². The van der Waals surface area contributed by atoms with Crippen molar-refractivity contribution >= 4 is 34.8 Å². The molecule has 1 amide bonds. The van der Waals surface area contributed by atoms with Crippen LogP contribution in [0.5, 0.6) is 0 Å². The number of Topliss-reactive ketones (excluding diaryl/α,β-unsaturated/α-hetero) is 2. The number of nitrogens with zero attached hydrogens (tertiary/aromatic N) is 1. The molecule has 0 fully saturated rings. The number of hydrogen-bond donors (Lipinski definition) is 1. The largest absolute Gasteiger partial charge is 0.325 e. The van der Waals surface area contributed by atoms with Crippen molar-refractivity contribution in [3.05, 3.63) is 82.1 Å². The lowest BCUT2D eigenvalue weighted by atomic mass is 9.94. The predicted octanol–water partition coefficient (Wildman–Crippen LogP) is 5.47. The Hall–Kier alpha value is -3.18. The molecule has 160 valence electrons. The minimum absolute atomic E-state index is 0.188. The lowest BCUT2D eigenvalue weighted by Crippen LogP contribution is -2.30. The molecule has 6 heteroatoms. The molecule has 2 aromatic carbocycles. The number of anilines is 1. The Bertz CT molecular complexity index is 1130.